The lowest BCUT2D eigenvalue weighted by molar-refractivity contribution is -0.384. The van der Waals surface area contributed by atoms with E-state index < -0.39 is 10.8 Å². The fourth-order valence-electron chi connectivity index (χ4n) is 2.59. The molecular formula is C20H18N4O4. The third kappa shape index (κ3) is 4.29. The minimum Gasteiger partial charge on any atom is -0.320 e. The van der Waals surface area contributed by atoms with E-state index in [1.165, 1.54) is 28.9 Å². The average molecular weight is 378 g/mol. The molecule has 0 unspecified atom stereocenters. The third-order valence-corrected chi connectivity index (χ3v) is 4.23. The van der Waals surface area contributed by atoms with Crippen LogP contribution in [0.1, 0.15) is 27.2 Å². The van der Waals surface area contributed by atoms with Gasteiger partial charge in [0.1, 0.15) is 5.69 Å². The van der Waals surface area contributed by atoms with Gasteiger partial charge in [-0.25, -0.2) is 4.68 Å². The van der Waals surface area contributed by atoms with Gasteiger partial charge in [0.15, 0.2) is 0 Å². The van der Waals surface area contributed by atoms with Crippen molar-refractivity contribution in [2.45, 2.75) is 20.4 Å². The van der Waals surface area contributed by atoms with Gasteiger partial charge >= 0.3 is 0 Å². The summed E-state index contributed by atoms with van der Waals surface area (Å²) >= 11 is 0. The highest BCUT2D eigenvalue weighted by molar-refractivity contribution is 6.03. The van der Waals surface area contributed by atoms with Crippen LogP contribution in [-0.4, -0.2) is 20.6 Å². The van der Waals surface area contributed by atoms with Crippen LogP contribution in [0.5, 0.6) is 0 Å². The van der Waals surface area contributed by atoms with Crippen LogP contribution in [0.25, 0.3) is 0 Å². The summed E-state index contributed by atoms with van der Waals surface area (Å²) in [6.07, 6.45) is 0. The van der Waals surface area contributed by atoms with Crippen molar-refractivity contribution in [1.82, 2.24) is 9.78 Å². The zero-order chi connectivity index (χ0) is 20.3. The number of nitrogens with zero attached hydrogens (tertiary/aromatic N) is 3. The van der Waals surface area contributed by atoms with Gasteiger partial charge in [-0.1, -0.05) is 35.9 Å². The molecular weight excluding hydrogens is 360 g/mol. The summed E-state index contributed by atoms with van der Waals surface area (Å²) in [5, 5.41) is 17.7. The monoisotopic (exact) mass is 378 g/mol. The molecule has 3 aromatic rings. The molecule has 28 heavy (non-hydrogen) atoms. The van der Waals surface area contributed by atoms with Crippen LogP contribution >= 0.6 is 0 Å². The van der Waals surface area contributed by atoms with Gasteiger partial charge in [0.25, 0.3) is 17.2 Å². The number of rotatable bonds is 5. The van der Waals surface area contributed by atoms with Crippen molar-refractivity contribution in [3.8, 4) is 0 Å². The molecule has 0 atom stereocenters. The second-order valence-electron chi connectivity index (χ2n) is 6.41. The molecule has 1 aromatic heterocycles. The average Bonchev–Trinajstić information content (AvgIpc) is 2.66. The van der Waals surface area contributed by atoms with Gasteiger partial charge in [-0.3, -0.25) is 19.7 Å². The SMILES string of the molecule is Cc1ccc(Cn2nc(C(=O)Nc3cc([N+](=O)[O-])ccc3C)ccc2=O)cc1. The number of hydrogen-bond donors (Lipinski definition) is 1. The summed E-state index contributed by atoms with van der Waals surface area (Å²) in [7, 11) is 0. The van der Waals surface area contributed by atoms with Crippen molar-refractivity contribution in [1.29, 1.82) is 0 Å². The van der Waals surface area contributed by atoms with Crippen LogP contribution in [-0.2, 0) is 6.54 Å². The van der Waals surface area contributed by atoms with E-state index in [1.54, 1.807) is 13.0 Å². The molecule has 8 nitrogen and oxygen atoms in total. The van der Waals surface area contributed by atoms with Gasteiger partial charge in [-0.2, -0.15) is 5.10 Å². The lowest BCUT2D eigenvalue weighted by atomic mass is 10.1. The van der Waals surface area contributed by atoms with Crippen LogP contribution < -0.4 is 10.9 Å². The molecule has 1 N–H and O–H groups in total. The third-order valence-electron chi connectivity index (χ3n) is 4.23. The molecule has 0 fully saturated rings. The molecule has 8 heteroatoms. The quantitative estimate of drug-likeness (QED) is 0.542. The highest BCUT2D eigenvalue weighted by Crippen LogP contribution is 2.22. The topological polar surface area (TPSA) is 107 Å². The Morgan fingerprint density at radius 2 is 1.82 bits per heavy atom. The van der Waals surface area contributed by atoms with E-state index in [1.807, 2.05) is 31.2 Å². The summed E-state index contributed by atoms with van der Waals surface area (Å²) in [6, 6.07) is 14.5. The predicted molar refractivity (Wildman–Crippen MR) is 105 cm³/mol. The molecule has 142 valence electrons. The first-order valence-corrected chi connectivity index (χ1v) is 8.53. The molecule has 0 spiro atoms. The normalized spacial score (nSPS) is 10.5. The molecule has 0 bridgehead atoms. The summed E-state index contributed by atoms with van der Waals surface area (Å²) < 4.78 is 1.21. The molecule has 0 radical (unpaired) electrons. The molecule has 0 aliphatic heterocycles. The van der Waals surface area contributed by atoms with Gasteiger partial charge in [-0.15, -0.1) is 0 Å². The number of nitro benzene ring substituents is 1. The number of non-ortho nitro benzene ring substituents is 1. The Bertz CT molecular complexity index is 1100. The highest BCUT2D eigenvalue weighted by atomic mass is 16.6. The van der Waals surface area contributed by atoms with E-state index in [-0.39, 0.29) is 23.5 Å². The molecule has 0 saturated heterocycles. The molecule has 0 aliphatic rings. The number of amides is 1. The van der Waals surface area contributed by atoms with E-state index >= 15 is 0 Å². The highest BCUT2D eigenvalue weighted by Gasteiger charge is 2.14. The zero-order valence-electron chi connectivity index (χ0n) is 15.4. The summed E-state index contributed by atoms with van der Waals surface area (Å²) in [5.41, 5.74) is 2.56. The van der Waals surface area contributed by atoms with Crippen molar-refractivity contribution >= 4 is 17.3 Å². The molecule has 3 rings (SSSR count). The Morgan fingerprint density at radius 1 is 1.11 bits per heavy atom. The van der Waals surface area contributed by atoms with Crippen molar-refractivity contribution in [2.24, 2.45) is 0 Å². The number of benzene rings is 2. The first kappa shape index (κ1) is 19.0. The summed E-state index contributed by atoms with van der Waals surface area (Å²) in [4.78, 5) is 35.0. The number of nitrogens with one attached hydrogen (secondary N) is 1. The second-order valence-corrected chi connectivity index (χ2v) is 6.41. The van der Waals surface area contributed by atoms with Crippen LogP contribution in [0.4, 0.5) is 11.4 Å². The number of hydrogen-bond acceptors (Lipinski definition) is 5. The number of aryl methyl sites for hydroxylation is 2. The molecule has 0 saturated carbocycles. The fourth-order valence-corrected chi connectivity index (χ4v) is 2.59. The van der Waals surface area contributed by atoms with Crippen LogP contribution in [0.2, 0.25) is 0 Å². The molecule has 0 aliphatic carbocycles. The smallest absolute Gasteiger partial charge is 0.276 e. The van der Waals surface area contributed by atoms with Gasteiger partial charge in [0.05, 0.1) is 17.2 Å². The van der Waals surface area contributed by atoms with Crippen molar-refractivity contribution in [3.05, 3.63) is 97.4 Å². The summed E-state index contributed by atoms with van der Waals surface area (Å²) in [6.45, 7) is 3.93. The number of carbonyl (C=O) groups is 1. The Kier molecular flexibility index (Phi) is 5.30. The summed E-state index contributed by atoms with van der Waals surface area (Å²) in [5.74, 6) is -0.554. The van der Waals surface area contributed by atoms with Crippen molar-refractivity contribution in [2.75, 3.05) is 5.32 Å². The Labute approximate surface area is 160 Å². The number of anilines is 1. The van der Waals surface area contributed by atoms with Gasteiger partial charge in [0.2, 0.25) is 0 Å². The maximum atomic E-state index is 12.5. The fraction of sp³-hybridized carbons (Fsp3) is 0.150. The first-order chi connectivity index (χ1) is 13.3. The van der Waals surface area contributed by atoms with Crippen LogP contribution in [0, 0.1) is 24.0 Å². The standard InChI is InChI=1S/C20H18N4O4/c1-13-3-6-15(7-4-13)12-23-19(25)10-9-17(22-23)20(26)21-18-11-16(24(27)28)8-5-14(18)2/h3-11H,12H2,1-2H3,(H,21,26). The van der Waals surface area contributed by atoms with E-state index in [0.717, 1.165) is 11.1 Å². The van der Waals surface area contributed by atoms with Crippen LogP contribution in [0.3, 0.4) is 0 Å². The van der Waals surface area contributed by atoms with E-state index in [4.69, 9.17) is 0 Å². The Morgan fingerprint density at radius 3 is 2.50 bits per heavy atom. The lowest BCUT2D eigenvalue weighted by Gasteiger charge is -2.10. The molecule has 2 aromatic carbocycles. The minimum absolute atomic E-state index is 0.0395. The van der Waals surface area contributed by atoms with E-state index in [9.17, 15) is 19.7 Å². The number of aromatic nitrogens is 2. The van der Waals surface area contributed by atoms with Gasteiger partial charge in [0, 0.05) is 18.2 Å². The minimum atomic E-state index is -0.554. The van der Waals surface area contributed by atoms with Gasteiger partial charge in [-0.05, 0) is 31.0 Å². The van der Waals surface area contributed by atoms with Gasteiger partial charge < -0.3 is 5.32 Å². The Hall–Kier alpha value is -3.81. The largest absolute Gasteiger partial charge is 0.320 e. The number of nitro groups is 1. The first-order valence-electron chi connectivity index (χ1n) is 8.53. The molecule has 1 amide bonds. The van der Waals surface area contributed by atoms with E-state index in [0.29, 0.717) is 11.3 Å². The van der Waals surface area contributed by atoms with Crippen LogP contribution in [0.15, 0.2) is 59.4 Å². The Balaban J connectivity index is 1.85. The molecule has 1 heterocycles. The predicted octanol–water partition coefficient (Wildman–Crippen LogP) is 3.07. The zero-order valence-corrected chi connectivity index (χ0v) is 15.4. The maximum absolute atomic E-state index is 12.5. The van der Waals surface area contributed by atoms with E-state index in [2.05, 4.69) is 10.4 Å². The van der Waals surface area contributed by atoms with Crippen molar-refractivity contribution in [3.63, 3.8) is 0 Å². The van der Waals surface area contributed by atoms with Crippen molar-refractivity contribution < 1.29 is 9.72 Å². The number of carbonyl (C=O) groups excluding carboxylic acids is 1. The second kappa shape index (κ2) is 7.83. The maximum Gasteiger partial charge on any atom is 0.276 e. The lowest BCUT2D eigenvalue weighted by Crippen LogP contribution is -2.26.